The number of hydrogen-bond donors (Lipinski definition) is 1. The first-order valence-electron chi connectivity index (χ1n) is 14.6. The van der Waals surface area contributed by atoms with E-state index in [1.165, 1.54) is 5.56 Å². The molecule has 2 atom stereocenters. The molecule has 0 bridgehead atoms. The van der Waals surface area contributed by atoms with Crippen molar-refractivity contribution in [2.75, 3.05) is 19.7 Å². The number of halogens is 1. The van der Waals surface area contributed by atoms with Gasteiger partial charge in [-0.1, -0.05) is 35.9 Å². The lowest BCUT2D eigenvalue weighted by atomic mass is 9.87. The number of para-hydroxylation sites is 1. The molecule has 3 aliphatic heterocycles. The summed E-state index contributed by atoms with van der Waals surface area (Å²) in [5.41, 5.74) is 6.21. The second-order valence-electron chi connectivity index (χ2n) is 11.5. The molecule has 2 fully saturated rings. The second-order valence-corrected chi connectivity index (χ2v) is 11.9. The lowest BCUT2D eigenvalue weighted by Gasteiger charge is -2.34. The van der Waals surface area contributed by atoms with E-state index in [9.17, 15) is 9.90 Å². The topological polar surface area (TPSA) is 89.7 Å². The highest BCUT2D eigenvalue weighted by atomic mass is 35.5. The summed E-state index contributed by atoms with van der Waals surface area (Å²) in [6.45, 7) is 6.08. The van der Waals surface area contributed by atoms with Gasteiger partial charge < -0.3 is 19.1 Å². The van der Waals surface area contributed by atoms with Crippen molar-refractivity contribution < 1.29 is 19.4 Å². The molecule has 9 heteroatoms. The van der Waals surface area contributed by atoms with Crippen LogP contribution in [0.2, 0.25) is 5.02 Å². The number of aromatic nitrogens is 3. The van der Waals surface area contributed by atoms with Gasteiger partial charge in [0.15, 0.2) is 6.10 Å². The first-order valence-corrected chi connectivity index (χ1v) is 15.0. The Morgan fingerprint density at radius 1 is 1.14 bits per heavy atom. The largest absolute Gasteiger partial charge is 0.479 e. The maximum atomic E-state index is 11.6. The molecule has 2 aromatic carbocycles. The molecule has 2 aromatic heterocycles. The number of piperidine rings is 1. The Morgan fingerprint density at radius 2 is 1.98 bits per heavy atom. The van der Waals surface area contributed by atoms with Gasteiger partial charge in [0.1, 0.15) is 11.6 Å². The molecule has 0 spiro atoms. The van der Waals surface area contributed by atoms with E-state index < -0.39 is 5.97 Å². The van der Waals surface area contributed by atoms with Crippen LogP contribution in [0.5, 0.6) is 5.75 Å². The van der Waals surface area contributed by atoms with Crippen molar-refractivity contribution in [3.63, 3.8) is 0 Å². The van der Waals surface area contributed by atoms with Crippen LogP contribution in [0.3, 0.4) is 0 Å². The van der Waals surface area contributed by atoms with Crippen LogP contribution in [0.25, 0.3) is 17.1 Å². The zero-order valence-corrected chi connectivity index (χ0v) is 24.3. The summed E-state index contributed by atoms with van der Waals surface area (Å²) >= 11 is 6.15. The number of rotatable bonds is 7. The Morgan fingerprint density at radius 3 is 2.71 bits per heavy atom. The molecule has 216 valence electrons. The maximum Gasteiger partial charge on any atom is 0.335 e. The molecule has 5 heterocycles. The number of carboxylic acids is 1. The third-order valence-electron chi connectivity index (χ3n) is 8.77. The number of fused-ring (bicyclic) bond motifs is 2. The number of pyridine rings is 1. The number of aryl methyl sites for hydroxylation is 1. The van der Waals surface area contributed by atoms with E-state index in [-0.39, 0.29) is 17.8 Å². The summed E-state index contributed by atoms with van der Waals surface area (Å²) in [5, 5.41) is 10.2. The van der Waals surface area contributed by atoms with E-state index in [4.69, 9.17) is 26.1 Å². The molecule has 8 nitrogen and oxygen atoms in total. The molecule has 3 aliphatic rings. The van der Waals surface area contributed by atoms with Crippen LogP contribution in [0.1, 0.15) is 69.9 Å². The number of ether oxygens (including phenoxy) is 2. The Hall–Kier alpha value is -3.72. The molecular weight excluding hydrogens is 552 g/mol. The van der Waals surface area contributed by atoms with E-state index in [1.807, 2.05) is 19.1 Å². The Labute approximate surface area is 249 Å². The zero-order valence-electron chi connectivity index (χ0n) is 23.5. The Bertz CT molecular complexity index is 1690. The average Bonchev–Trinajstić information content (AvgIpc) is 3.30. The molecule has 4 aromatic rings. The summed E-state index contributed by atoms with van der Waals surface area (Å²) in [5.74, 6) is 1.38. The highest BCUT2D eigenvalue weighted by molar-refractivity contribution is 6.30. The summed E-state index contributed by atoms with van der Waals surface area (Å²) in [6.07, 6.45) is 8.83. The number of hydrogen-bond acceptors (Lipinski definition) is 6. The average molecular weight is 585 g/mol. The van der Waals surface area contributed by atoms with Crippen LogP contribution in [0.15, 0.2) is 54.7 Å². The van der Waals surface area contributed by atoms with Crippen molar-refractivity contribution in [2.45, 2.75) is 57.4 Å². The van der Waals surface area contributed by atoms with Crippen LogP contribution in [0, 0.1) is 6.92 Å². The van der Waals surface area contributed by atoms with Gasteiger partial charge in [0, 0.05) is 18.4 Å². The third-order valence-corrected chi connectivity index (χ3v) is 8.98. The van der Waals surface area contributed by atoms with Crippen molar-refractivity contribution in [3.05, 3.63) is 93.5 Å². The van der Waals surface area contributed by atoms with Gasteiger partial charge in [0.05, 0.1) is 46.5 Å². The van der Waals surface area contributed by atoms with Crippen molar-refractivity contribution >= 4 is 34.7 Å². The first kappa shape index (κ1) is 27.1. The molecule has 7 rings (SSSR count). The second kappa shape index (κ2) is 11.2. The van der Waals surface area contributed by atoms with Crippen LogP contribution < -0.4 is 4.74 Å². The number of likely N-dealkylation sites (tertiary alicyclic amines) is 1. The lowest BCUT2D eigenvalue weighted by Crippen LogP contribution is -2.35. The van der Waals surface area contributed by atoms with E-state index in [2.05, 4.69) is 44.8 Å². The molecule has 1 N–H and O–H groups in total. The summed E-state index contributed by atoms with van der Waals surface area (Å²) in [7, 11) is 0. The molecule has 0 radical (unpaired) electrons. The minimum Gasteiger partial charge on any atom is -0.479 e. The van der Waals surface area contributed by atoms with Crippen molar-refractivity contribution in [1.82, 2.24) is 19.4 Å². The number of benzene rings is 2. The quantitative estimate of drug-likeness (QED) is 0.268. The molecule has 0 amide bonds. The predicted molar refractivity (Wildman–Crippen MR) is 161 cm³/mol. The molecule has 2 unspecified atom stereocenters. The number of aromatic carboxylic acids is 1. The van der Waals surface area contributed by atoms with Crippen molar-refractivity contribution in [1.29, 1.82) is 0 Å². The van der Waals surface area contributed by atoms with Gasteiger partial charge in [0.2, 0.25) is 0 Å². The van der Waals surface area contributed by atoms with Crippen LogP contribution in [-0.2, 0) is 17.8 Å². The van der Waals surface area contributed by atoms with E-state index >= 15 is 0 Å². The molecule has 42 heavy (non-hydrogen) atoms. The van der Waals surface area contributed by atoms with Crippen LogP contribution >= 0.6 is 11.6 Å². The fraction of sp³-hybridized carbons (Fsp3) is 0.364. The number of imidazole rings is 1. The normalized spacial score (nSPS) is 20.7. The molecule has 0 aliphatic carbocycles. The minimum atomic E-state index is -0.929. The fourth-order valence-electron chi connectivity index (χ4n) is 6.38. The van der Waals surface area contributed by atoms with E-state index in [0.29, 0.717) is 24.0 Å². The number of carbonyl (C=O) groups is 1. The summed E-state index contributed by atoms with van der Waals surface area (Å²) in [6, 6.07) is 13.5. The van der Waals surface area contributed by atoms with Gasteiger partial charge in [-0.15, -0.1) is 0 Å². The van der Waals surface area contributed by atoms with E-state index in [1.54, 1.807) is 18.3 Å². The van der Waals surface area contributed by atoms with Gasteiger partial charge in [-0.05, 0) is 86.7 Å². The van der Waals surface area contributed by atoms with Crippen LogP contribution in [-0.4, -0.2) is 56.3 Å². The van der Waals surface area contributed by atoms with Crippen molar-refractivity contribution in [3.8, 4) is 5.75 Å². The summed E-state index contributed by atoms with van der Waals surface area (Å²) in [4.78, 5) is 23.6. The molecule has 2 saturated heterocycles. The van der Waals surface area contributed by atoms with E-state index in [0.717, 1.165) is 78.4 Å². The van der Waals surface area contributed by atoms with Crippen molar-refractivity contribution in [2.24, 2.45) is 0 Å². The monoisotopic (exact) mass is 584 g/mol. The van der Waals surface area contributed by atoms with Crippen LogP contribution in [0.4, 0.5) is 0 Å². The lowest BCUT2D eigenvalue weighted by molar-refractivity contribution is -0.0592. The molecule has 0 saturated carbocycles. The highest BCUT2D eigenvalue weighted by Gasteiger charge is 2.29. The Kier molecular flexibility index (Phi) is 7.22. The Balaban J connectivity index is 1.08. The molecular formula is C33H33ClN4O4. The van der Waals surface area contributed by atoms with Gasteiger partial charge in [-0.25, -0.2) is 9.78 Å². The zero-order chi connectivity index (χ0) is 28.8. The minimum absolute atomic E-state index is 0.148. The first-order chi connectivity index (χ1) is 20.4. The SMILES string of the molecule is Cc1cc(Cl)cnc1C1C=Cc2cccc(C3CCN(Cc4nc5ccc(C(=O)O)cc5n4CC4CCO4)CC3)c2O1. The fourth-order valence-corrected chi connectivity index (χ4v) is 6.59. The third kappa shape index (κ3) is 5.19. The highest BCUT2D eigenvalue weighted by Crippen LogP contribution is 2.42. The van der Waals surface area contributed by atoms with Gasteiger partial charge >= 0.3 is 5.97 Å². The van der Waals surface area contributed by atoms with Gasteiger partial charge in [-0.2, -0.15) is 0 Å². The van der Waals surface area contributed by atoms with Gasteiger partial charge in [-0.3, -0.25) is 9.88 Å². The maximum absolute atomic E-state index is 11.6. The summed E-state index contributed by atoms with van der Waals surface area (Å²) < 4.78 is 14.5. The number of carboxylic acid groups (broad SMARTS) is 1. The predicted octanol–water partition coefficient (Wildman–Crippen LogP) is 6.41. The standard InChI is InChI=1S/C33H33ClN4O4/c1-20-15-24(34)17-35-31(20)29-8-6-22-3-2-4-26(32(22)42-29)21-9-12-37(13-10-21)19-30-36-27-7-5-23(33(39)40)16-28(27)38(30)18-25-11-14-41-25/h2-8,15-17,21,25,29H,9-14,18-19H2,1H3,(H,39,40). The smallest absolute Gasteiger partial charge is 0.335 e. The van der Waals surface area contributed by atoms with Gasteiger partial charge in [0.25, 0.3) is 0 Å². The number of nitrogens with zero attached hydrogens (tertiary/aromatic N) is 4.